The first-order valence-corrected chi connectivity index (χ1v) is 11.7. The molecule has 0 aromatic carbocycles. The van der Waals surface area contributed by atoms with E-state index in [4.69, 9.17) is 4.74 Å². The van der Waals surface area contributed by atoms with Gasteiger partial charge in [0.15, 0.2) is 6.29 Å². The molecule has 3 heterocycles. The van der Waals surface area contributed by atoms with Crippen LogP contribution in [0.5, 0.6) is 0 Å². The van der Waals surface area contributed by atoms with E-state index in [1.54, 1.807) is 45.6 Å². The maximum Gasteiger partial charge on any atom is 0.408 e. The molecular formula is C24H31N7O6. The van der Waals surface area contributed by atoms with Gasteiger partial charge in [0.25, 0.3) is 0 Å². The monoisotopic (exact) mass is 513 g/mol. The zero-order chi connectivity index (χ0) is 27.4. The smallest absolute Gasteiger partial charge is 0.408 e. The van der Waals surface area contributed by atoms with Gasteiger partial charge >= 0.3 is 17.8 Å². The minimum Gasteiger partial charge on any atom is -0.444 e. The van der Waals surface area contributed by atoms with Gasteiger partial charge in [0.05, 0.1) is 11.9 Å². The second-order valence-corrected chi connectivity index (χ2v) is 9.99. The molecule has 1 aliphatic rings. The number of rotatable bonds is 5. The second-order valence-electron chi connectivity index (χ2n) is 9.99. The number of nitrogens with one attached hydrogen (secondary N) is 2. The molecule has 3 rings (SSSR count). The number of hydrogen-bond acceptors (Lipinski definition) is 8. The zero-order valence-corrected chi connectivity index (χ0v) is 21.5. The van der Waals surface area contributed by atoms with Crippen molar-refractivity contribution in [1.29, 1.82) is 0 Å². The van der Waals surface area contributed by atoms with E-state index in [9.17, 15) is 24.0 Å². The first-order chi connectivity index (χ1) is 17.3. The second kappa shape index (κ2) is 10.8. The molecule has 2 aromatic heterocycles. The molecule has 0 saturated carbocycles. The summed E-state index contributed by atoms with van der Waals surface area (Å²) in [6.07, 6.45) is 2.73. The highest BCUT2D eigenvalue weighted by Crippen LogP contribution is 2.15. The average molecular weight is 514 g/mol. The lowest BCUT2D eigenvalue weighted by atomic mass is 10.0. The number of carbonyl (C=O) groups is 4. The number of carbonyl (C=O) groups excluding carboxylic acids is 4. The van der Waals surface area contributed by atoms with Gasteiger partial charge in [-0.15, -0.1) is 0 Å². The SMILES string of the molecule is CC(C)(C)OC(=O)NC(C)(C)C(=O)N1CCN(C(=O)Nc2ccn(-c3ccc(C=O)nc3)c(=O)n2)CC1. The van der Waals surface area contributed by atoms with Crippen molar-refractivity contribution < 1.29 is 23.9 Å². The van der Waals surface area contributed by atoms with Gasteiger partial charge in [-0.05, 0) is 52.8 Å². The summed E-state index contributed by atoms with van der Waals surface area (Å²) >= 11 is 0. The number of aromatic nitrogens is 3. The topological polar surface area (TPSA) is 156 Å². The zero-order valence-electron chi connectivity index (χ0n) is 21.5. The van der Waals surface area contributed by atoms with Gasteiger partial charge in [-0.3, -0.25) is 24.5 Å². The third-order valence-corrected chi connectivity index (χ3v) is 5.41. The number of piperazine rings is 1. The standard InChI is InChI=1S/C24H31N7O6/c1-23(2,3)37-22(36)28-24(4,5)19(33)29-10-12-30(13-11-29)20(34)26-18-8-9-31(21(35)27-18)17-7-6-16(15-32)25-14-17/h6-9,14-15H,10-13H2,1-5H3,(H,28,36)(H,26,27,34,35). The first kappa shape index (κ1) is 27.3. The summed E-state index contributed by atoms with van der Waals surface area (Å²) in [5.41, 5.74) is -1.86. The fourth-order valence-corrected chi connectivity index (χ4v) is 3.59. The van der Waals surface area contributed by atoms with Crippen molar-refractivity contribution in [2.24, 2.45) is 0 Å². The number of hydrogen-bond donors (Lipinski definition) is 2. The first-order valence-electron chi connectivity index (χ1n) is 11.7. The molecule has 2 aromatic rings. The van der Waals surface area contributed by atoms with E-state index in [2.05, 4.69) is 20.6 Å². The van der Waals surface area contributed by atoms with Crippen LogP contribution in [0, 0.1) is 0 Å². The van der Waals surface area contributed by atoms with Gasteiger partial charge in [0.2, 0.25) is 5.91 Å². The molecule has 4 amide bonds. The van der Waals surface area contributed by atoms with Crippen LogP contribution >= 0.6 is 0 Å². The van der Waals surface area contributed by atoms with Crippen LogP contribution in [-0.4, -0.2) is 86.0 Å². The van der Waals surface area contributed by atoms with Crippen LogP contribution in [0.2, 0.25) is 0 Å². The summed E-state index contributed by atoms with van der Waals surface area (Å²) in [5.74, 6) is -0.218. The molecule has 1 saturated heterocycles. The largest absolute Gasteiger partial charge is 0.444 e. The van der Waals surface area contributed by atoms with Crippen molar-refractivity contribution in [2.45, 2.75) is 45.8 Å². The quantitative estimate of drug-likeness (QED) is 0.569. The number of aldehydes is 1. The summed E-state index contributed by atoms with van der Waals surface area (Å²) < 4.78 is 6.47. The third-order valence-electron chi connectivity index (χ3n) is 5.41. The normalized spacial score (nSPS) is 14.1. The lowest BCUT2D eigenvalue weighted by molar-refractivity contribution is -0.138. The molecule has 0 atom stereocenters. The number of alkyl carbamates (subject to hydrolysis) is 1. The molecule has 37 heavy (non-hydrogen) atoms. The third kappa shape index (κ3) is 7.12. The molecule has 0 spiro atoms. The van der Waals surface area contributed by atoms with Crippen molar-refractivity contribution >= 4 is 30.1 Å². The Kier molecular flexibility index (Phi) is 7.94. The van der Waals surface area contributed by atoms with Crippen LogP contribution < -0.4 is 16.3 Å². The molecule has 1 aliphatic heterocycles. The Hall–Kier alpha value is -4.29. The number of nitrogens with zero attached hydrogens (tertiary/aromatic N) is 5. The van der Waals surface area contributed by atoms with Crippen molar-refractivity contribution in [3.05, 3.63) is 46.8 Å². The molecule has 0 radical (unpaired) electrons. The lowest BCUT2D eigenvalue weighted by Gasteiger charge is -2.38. The number of urea groups is 1. The van der Waals surface area contributed by atoms with Gasteiger partial charge < -0.3 is 19.9 Å². The van der Waals surface area contributed by atoms with Crippen molar-refractivity contribution in [1.82, 2.24) is 29.7 Å². The van der Waals surface area contributed by atoms with Crippen LogP contribution in [0.4, 0.5) is 15.4 Å². The minimum absolute atomic E-state index is 0.0740. The molecule has 13 nitrogen and oxygen atoms in total. The van der Waals surface area contributed by atoms with E-state index in [0.717, 1.165) is 0 Å². The van der Waals surface area contributed by atoms with E-state index in [1.807, 2.05) is 0 Å². The summed E-state index contributed by atoms with van der Waals surface area (Å²) in [7, 11) is 0. The highest BCUT2D eigenvalue weighted by molar-refractivity contribution is 5.90. The van der Waals surface area contributed by atoms with Crippen molar-refractivity contribution in [2.75, 3.05) is 31.5 Å². The number of ether oxygens (including phenoxy) is 1. The van der Waals surface area contributed by atoms with Gasteiger partial charge in [-0.25, -0.2) is 14.4 Å². The molecule has 198 valence electrons. The Morgan fingerprint density at radius 1 is 1.00 bits per heavy atom. The number of pyridine rings is 1. The van der Waals surface area contributed by atoms with Crippen LogP contribution in [0.25, 0.3) is 5.69 Å². The molecule has 1 fully saturated rings. The molecule has 0 bridgehead atoms. The highest BCUT2D eigenvalue weighted by Gasteiger charge is 2.36. The molecule has 2 N–H and O–H groups in total. The Balaban J connectivity index is 1.55. The summed E-state index contributed by atoms with van der Waals surface area (Å²) in [6.45, 7) is 9.44. The fraction of sp³-hybridized carbons (Fsp3) is 0.458. The van der Waals surface area contributed by atoms with Crippen LogP contribution in [0.3, 0.4) is 0 Å². The Morgan fingerprint density at radius 2 is 1.65 bits per heavy atom. The Labute approximate surface area is 213 Å². The van der Waals surface area contributed by atoms with Crippen molar-refractivity contribution in [3.8, 4) is 5.69 Å². The van der Waals surface area contributed by atoms with Gasteiger partial charge in [0, 0.05) is 32.4 Å². The molecular weight excluding hydrogens is 482 g/mol. The van der Waals surface area contributed by atoms with Gasteiger partial charge in [-0.2, -0.15) is 4.98 Å². The van der Waals surface area contributed by atoms with E-state index in [0.29, 0.717) is 12.0 Å². The van der Waals surface area contributed by atoms with E-state index < -0.39 is 29.0 Å². The highest BCUT2D eigenvalue weighted by atomic mass is 16.6. The summed E-state index contributed by atoms with van der Waals surface area (Å²) in [5, 5.41) is 5.19. The summed E-state index contributed by atoms with van der Waals surface area (Å²) in [4.78, 5) is 71.9. The van der Waals surface area contributed by atoms with E-state index in [1.165, 1.54) is 34.0 Å². The van der Waals surface area contributed by atoms with Crippen molar-refractivity contribution in [3.63, 3.8) is 0 Å². The molecule has 0 aliphatic carbocycles. The van der Waals surface area contributed by atoms with E-state index >= 15 is 0 Å². The predicted molar refractivity (Wildman–Crippen MR) is 134 cm³/mol. The van der Waals surface area contributed by atoms with Crippen LogP contribution in [0.15, 0.2) is 35.4 Å². The maximum atomic E-state index is 13.0. The Morgan fingerprint density at radius 3 is 2.19 bits per heavy atom. The van der Waals surface area contributed by atoms with Gasteiger partial charge in [0.1, 0.15) is 22.7 Å². The predicted octanol–water partition coefficient (Wildman–Crippen LogP) is 1.42. The minimum atomic E-state index is -1.19. The summed E-state index contributed by atoms with van der Waals surface area (Å²) in [6, 6.07) is 4.05. The molecule has 13 heteroatoms. The Bertz CT molecular complexity index is 1230. The number of anilines is 1. The average Bonchev–Trinajstić information content (AvgIpc) is 2.82. The van der Waals surface area contributed by atoms with E-state index in [-0.39, 0.29) is 43.6 Å². The maximum absolute atomic E-state index is 13.0. The molecule has 0 unspecified atom stereocenters. The van der Waals surface area contributed by atoms with Gasteiger partial charge in [-0.1, -0.05) is 0 Å². The van der Waals surface area contributed by atoms with Crippen LogP contribution in [-0.2, 0) is 9.53 Å². The number of amides is 4. The lowest BCUT2D eigenvalue weighted by Crippen LogP contribution is -2.60. The fourth-order valence-electron chi connectivity index (χ4n) is 3.59. The van der Waals surface area contributed by atoms with Crippen LogP contribution in [0.1, 0.15) is 45.1 Å².